The van der Waals surface area contributed by atoms with E-state index in [1.165, 1.54) is 0 Å². The van der Waals surface area contributed by atoms with E-state index >= 15 is 0 Å². The third kappa shape index (κ3) is 3.00. The minimum absolute atomic E-state index is 0.000764. The highest BCUT2D eigenvalue weighted by Gasteiger charge is 2.36. The highest BCUT2D eigenvalue weighted by atomic mass is 19.4. The van der Waals surface area contributed by atoms with Crippen molar-refractivity contribution in [2.75, 3.05) is 6.54 Å². The van der Waals surface area contributed by atoms with Crippen LogP contribution in [0.3, 0.4) is 0 Å². The Morgan fingerprint density at radius 1 is 1.28 bits per heavy atom. The monoisotopic (exact) mass is 265 g/mol. The first-order chi connectivity index (χ1) is 8.09. The van der Waals surface area contributed by atoms with Gasteiger partial charge in [0.1, 0.15) is 5.82 Å². The molecule has 1 unspecified atom stereocenters. The lowest BCUT2D eigenvalue weighted by Crippen LogP contribution is -2.31. The Bertz CT molecular complexity index is 429. The second kappa shape index (κ2) is 4.85. The van der Waals surface area contributed by atoms with Crippen LogP contribution in [-0.2, 0) is 6.18 Å². The van der Waals surface area contributed by atoms with Gasteiger partial charge in [0.25, 0.3) is 0 Å². The van der Waals surface area contributed by atoms with Gasteiger partial charge in [-0.05, 0) is 17.7 Å². The molecule has 0 saturated carbocycles. The lowest BCUT2D eigenvalue weighted by Gasteiger charge is -2.29. The smallest absolute Gasteiger partial charge is 0.388 e. The number of benzene rings is 1. The molecule has 0 aliphatic rings. The van der Waals surface area contributed by atoms with Crippen LogP contribution in [-0.4, -0.2) is 11.7 Å². The molecule has 0 saturated heterocycles. The minimum atomic E-state index is -4.79. The van der Waals surface area contributed by atoms with E-state index in [0.717, 1.165) is 6.07 Å². The van der Waals surface area contributed by atoms with Crippen molar-refractivity contribution in [1.82, 2.24) is 0 Å². The third-order valence-corrected chi connectivity index (χ3v) is 2.88. The van der Waals surface area contributed by atoms with Gasteiger partial charge in [0.2, 0.25) is 0 Å². The lowest BCUT2D eigenvalue weighted by molar-refractivity contribution is -0.140. The summed E-state index contributed by atoms with van der Waals surface area (Å²) in [5.74, 6) is -1.36. The molecule has 1 aromatic carbocycles. The molecule has 0 radical (unpaired) electrons. The van der Waals surface area contributed by atoms with Gasteiger partial charge >= 0.3 is 6.18 Å². The van der Waals surface area contributed by atoms with Crippen molar-refractivity contribution < 1.29 is 22.7 Å². The molecule has 1 rings (SSSR count). The van der Waals surface area contributed by atoms with Gasteiger partial charge in [-0.1, -0.05) is 19.9 Å². The summed E-state index contributed by atoms with van der Waals surface area (Å²) in [6.45, 7) is 3.33. The van der Waals surface area contributed by atoms with E-state index in [4.69, 9.17) is 5.73 Å². The first kappa shape index (κ1) is 14.9. The molecule has 1 aromatic rings. The Balaban J connectivity index is 3.21. The molecule has 18 heavy (non-hydrogen) atoms. The predicted octanol–water partition coefficient (Wildman–Crippen LogP) is 2.86. The second-order valence-corrected chi connectivity index (χ2v) is 4.83. The minimum Gasteiger partial charge on any atom is -0.388 e. The van der Waals surface area contributed by atoms with Crippen LogP contribution in [0.4, 0.5) is 17.6 Å². The fraction of sp³-hybridized carbons (Fsp3) is 0.500. The molecule has 2 nitrogen and oxygen atoms in total. The van der Waals surface area contributed by atoms with Gasteiger partial charge in [0, 0.05) is 12.0 Å². The number of hydrogen-bond acceptors (Lipinski definition) is 2. The zero-order valence-corrected chi connectivity index (χ0v) is 10.1. The molecule has 0 aliphatic carbocycles. The van der Waals surface area contributed by atoms with Crippen LogP contribution in [0.25, 0.3) is 0 Å². The van der Waals surface area contributed by atoms with Gasteiger partial charge < -0.3 is 10.8 Å². The van der Waals surface area contributed by atoms with E-state index in [9.17, 15) is 22.7 Å². The van der Waals surface area contributed by atoms with Crippen LogP contribution in [0.1, 0.15) is 31.1 Å². The summed E-state index contributed by atoms with van der Waals surface area (Å²) >= 11 is 0. The van der Waals surface area contributed by atoms with Gasteiger partial charge in [-0.15, -0.1) is 0 Å². The maximum absolute atomic E-state index is 13.1. The lowest BCUT2D eigenvalue weighted by atomic mass is 9.82. The second-order valence-electron chi connectivity index (χ2n) is 4.83. The van der Waals surface area contributed by atoms with Crippen LogP contribution in [0, 0.1) is 11.2 Å². The SMILES string of the molecule is CC(C)(CN)C(O)c1ccc(F)c(C(F)(F)F)c1. The summed E-state index contributed by atoms with van der Waals surface area (Å²) in [5.41, 5.74) is 3.27. The standard InChI is InChI=1S/C12H15F4NO/c1-11(2,6-17)10(18)7-3-4-9(13)8(5-7)12(14,15)16/h3-5,10,18H,6,17H2,1-2H3. The Morgan fingerprint density at radius 2 is 1.83 bits per heavy atom. The first-order valence-corrected chi connectivity index (χ1v) is 5.34. The van der Waals surface area contributed by atoms with Crippen molar-refractivity contribution in [2.24, 2.45) is 11.1 Å². The van der Waals surface area contributed by atoms with E-state index in [0.29, 0.717) is 12.1 Å². The summed E-state index contributed by atoms with van der Waals surface area (Å²) in [5, 5.41) is 9.96. The molecule has 3 N–H and O–H groups in total. The molecule has 0 aromatic heterocycles. The van der Waals surface area contributed by atoms with Crippen LogP contribution < -0.4 is 5.73 Å². The van der Waals surface area contributed by atoms with Gasteiger partial charge in [-0.25, -0.2) is 4.39 Å². The summed E-state index contributed by atoms with van der Waals surface area (Å²) in [4.78, 5) is 0. The first-order valence-electron chi connectivity index (χ1n) is 5.34. The van der Waals surface area contributed by atoms with Crippen LogP contribution in [0.5, 0.6) is 0 Å². The molecule has 6 heteroatoms. The van der Waals surface area contributed by atoms with Crippen LogP contribution in [0.15, 0.2) is 18.2 Å². The van der Waals surface area contributed by atoms with Crippen molar-refractivity contribution in [2.45, 2.75) is 26.1 Å². The predicted molar refractivity (Wildman–Crippen MR) is 59.2 cm³/mol. The molecule has 0 amide bonds. The highest BCUT2D eigenvalue weighted by molar-refractivity contribution is 5.29. The van der Waals surface area contributed by atoms with E-state index in [1.54, 1.807) is 13.8 Å². The number of halogens is 4. The number of aliphatic hydroxyl groups excluding tert-OH is 1. The van der Waals surface area contributed by atoms with Crippen molar-refractivity contribution in [3.63, 3.8) is 0 Å². The Kier molecular flexibility index (Phi) is 4.02. The molecule has 0 heterocycles. The average Bonchev–Trinajstić information content (AvgIpc) is 2.27. The molecule has 102 valence electrons. The average molecular weight is 265 g/mol. The van der Waals surface area contributed by atoms with Crippen molar-refractivity contribution in [3.8, 4) is 0 Å². The number of rotatable bonds is 3. The fourth-order valence-electron chi connectivity index (χ4n) is 1.49. The Morgan fingerprint density at radius 3 is 2.28 bits per heavy atom. The Hall–Kier alpha value is -1.14. The summed E-state index contributed by atoms with van der Waals surface area (Å²) in [6.07, 6.45) is -5.98. The van der Waals surface area contributed by atoms with Gasteiger partial charge in [-0.2, -0.15) is 13.2 Å². The molecule has 1 atom stereocenters. The van der Waals surface area contributed by atoms with E-state index < -0.39 is 29.1 Å². The molecular formula is C12H15F4NO. The van der Waals surface area contributed by atoms with Gasteiger partial charge in [0.15, 0.2) is 0 Å². The fourth-order valence-corrected chi connectivity index (χ4v) is 1.49. The highest BCUT2D eigenvalue weighted by Crippen LogP contribution is 2.37. The van der Waals surface area contributed by atoms with Crippen molar-refractivity contribution in [3.05, 3.63) is 35.1 Å². The zero-order chi connectivity index (χ0) is 14.1. The molecule has 0 aliphatic heterocycles. The maximum Gasteiger partial charge on any atom is 0.419 e. The number of hydrogen-bond donors (Lipinski definition) is 2. The molecule has 0 spiro atoms. The summed E-state index contributed by atoms with van der Waals surface area (Å²) < 4.78 is 50.7. The van der Waals surface area contributed by atoms with Crippen LogP contribution in [0.2, 0.25) is 0 Å². The van der Waals surface area contributed by atoms with E-state index in [1.807, 2.05) is 0 Å². The molecule has 0 bridgehead atoms. The zero-order valence-electron chi connectivity index (χ0n) is 10.1. The van der Waals surface area contributed by atoms with E-state index in [-0.39, 0.29) is 12.1 Å². The van der Waals surface area contributed by atoms with Crippen molar-refractivity contribution >= 4 is 0 Å². The Labute approximate surface area is 102 Å². The summed E-state index contributed by atoms with van der Waals surface area (Å²) in [6, 6.07) is 2.46. The van der Waals surface area contributed by atoms with Crippen LogP contribution >= 0.6 is 0 Å². The quantitative estimate of drug-likeness (QED) is 0.825. The van der Waals surface area contributed by atoms with E-state index in [2.05, 4.69) is 0 Å². The normalized spacial score (nSPS) is 14.7. The largest absolute Gasteiger partial charge is 0.419 e. The third-order valence-electron chi connectivity index (χ3n) is 2.88. The number of alkyl halides is 3. The van der Waals surface area contributed by atoms with Crippen molar-refractivity contribution in [1.29, 1.82) is 0 Å². The topological polar surface area (TPSA) is 46.2 Å². The van der Waals surface area contributed by atoms with Gasteiger partial charge in [0.05, 0.1) is 11.7 Å². The molecule has 0 fully saturated rings. The van der Waals surface area contributed by atoms with Gasteiger partial charge in [-0.3, -0.25) is 0 Å². The number of aliphatic hydroxyl groups is 1. The summed E-state index contributed by atoms with van der Waals surface area (Å²) in [7, 11) is 0. The molecular weight excluding hydrogens is 250 g/mol. The number of nitrogens with two attached hydrogens (primary N) is 1. The maximum atomic E-state index is 13.1.